The van der Waals surface area contributed by atoms with Crippen molar-refractivity contribution in [3.63, 3.8) is 0 Å². The van der Waals surface area contributed by atoms with E-state index in [9.17, 15) is 4.79 Å². The standard InChI is InChI=1S/C18H21ClN2O2/c19-17-8-4-7-15(13-17)9-10-20-18(23)21(11-12-22)14-16-5-2-1-3-6-16/h1-8,13,22H,9-12,14H2,(H,20,23). The molecular formula is C18H21ClN2O2. The summed E-state index contributed by atoms with van der Waals surface area (Å²) in [5.74, 6) is 0. The van der Waals surface area contributed by atoms with Crippen molar-refractivity contribution in [2.45, 2.75) is 13.0 Å². The van der Waals surface area contributed by atoms with Crippen molar-refractivity contribution >= 4 is 17.6 Å². The summed E-state index contributed by atoms with van der Waals surface area (Å²) in [6.45, 7) is 1.24. The summed E-state index contributed by atoms with van der Waals surface area (Å²) in [4.78, 5) is 13.9. The molecule has 2 aromatic carbocycles. The van der Waals surface area contributed by atoms with E-state index in [4.69, 9.17) is 16.7 Å². The lowest BCUT2D eigenvalue weighted by atomic mass is 10.1. The number of hydrogen-bond acceptors (Lipinski definition) is 2. The monoisotopic (exact) mass is 332 g/mol. The number of carbonyl (C=O) groups excluding carboxylic acids is 1. The maximum absolute atomic E-state index is 12.3. The number of rotatable bonds is 7. The number of benzene rings is 2. The molecule has 0 saturated carbocycles. The lowest BCUT2D eigenvalue weighted by molar-refractivity contribution is 0.174. The lowest BCUT2D eigenvalue weighted by Crippen LogP contribution is -2.41. The van der Waals surface area contributed by atoms with Crippen LogP contribution in [0.4, 0.5) is 4.79 Å². The van der Waals surface area contributed by atoms with Crippen molar-refractivity contribution in [3.8, 4) is 0 Å². The summed E-state index contributed by atoms with van der Waals surface area (Å²) in [7, 11) is 0. The molecule has 23 heavy (non-hydrogen) atoms. The molecule has 0 radical (unpaired) electrons. The van der Waals surface area contributed by atoms with Crippen LogP contribution in [-0.4, -0.2) is 35.7 Å². The van der Waals surface area contributed by atoms with Gasteiger partial charge in [0.05, 0.1) is 6.61 Å². The number of amides is 2. The highest BCUT2D eigenvalue weighted by Gasteiger charge is 2.12. The van der Waals surface area contributed by atoms with Gasteiger partial charge in [0.2, 0.25) is 0 Å². The number of aliphatic hydroxyl groups excluding tert-OH is 1. The summed E-state index contributed by atoms with van der Waals surface area (Å²) >= 11 is 5.94. The summed E-state index contributed by atoms with van der Waals surface area (Å²) in [5.41, 5.74) is 2.11. The highest BCUT2D eigenvalue weighted by atomic mass is 35.5. The van der Waals surface area contributed by atoms with Crippen LogP contribution < -0.4 is 5.32 Å². The molecule has 0 heterocycles. The van der Waals surface area contributed by atoms with E-state index >= 15 is 0 Å². The molecule has 4 nitrogen and oxygen atoms in total. The van der Waals surface area contributed by atoms with Gasteiger partial charge in [0, 0.05) is 24.7 Å². The molecule has 0 atom stereocenters. The molecule has 0 saturated heterocycles. The molecule has 2 amide bonds. The molecule has 122 valence electrons. The highest BCUT2D eigenvalue weighted by molar-refractivity contribution is 6.30. The average Bonchev–Trinajstić information content (AvgIpc) is 2.55. The Morgan fingerprint density at radius 3 is 2.52 bits per heavy atom. The smallest absolute Gasteiger partial charge is 0.317 e. The Morgan fingerprint density at radius 1 is 1.09 bits per heavy atom. The van der Waals surface area contributed by atoms with Crippen LogP contribution in [0, 0.1) is 0 Å². The third-order valence-corrected chi connectivity index (χ3v) is 3.69. The van der Waals surface area contributed by atoms with Gasteiger partial charge in [0.1, 0.15) is 0 Å². The second-order valence-corrected chi connectivity index (χ2v) is 5.68. The van der Waals surface area contributed by atoms with Crippen LogP contribution in [-0.2, 0) is 13.0 Å². The predicted molar refractivity (Wildman–Crippen MR) is 92.5 cm³/mol. The van der Waals surface area contributed by atoms with Gasteiger partial charge >= 0.3 is 6.03 Å². The molecule has 0 aromatic heterocycles. The van der Waals surface area contributed by atoms with Crippen molar-refractivity contribution in [1.82, 2.24) is 10.2 Å². The van der Waals surface area contributed by atoms with Crippen molar-refractivity contribution in [3.05, 3.63) is 70.7 Å². The molecular weight excluding hydrogens is 312 g/mol. The van der Waals surface area contributed by atoms with E-state index in [1.54, 1.807) is 4.90 Å². The van der Waals surface area contributed by atoms with Gasteiger partial charge in [0.15, 0.2) is 0 Å². The zero-order valence-corrected chi connectivity index (χ0v) is 13.7. The van der Waals surface area contributed by atoms with Crippen LogP contribution >= 0.6 is 11.6 Å². The van der Waals surface area contributed by atoms with Crippen molar-refractivity contribution in [2.24, 2.45) is 0 Å². The lowest BCUT2D eigenvalue weighted by Gasteiger charge is -2.22. The minimum Gasteiger partial charge on any atom is -0.395 e. The van der Waals surface area contributed by atoms with E-state index in [2.05, 4.69) is 5.32 Å². The van der Waals surface area contributed by atoms with Crippen molar-refractivity contribution in [2.75, 3.05) is 19.7 Å². The van der Waals surface area contributed by atoms with Gasteiger partial charge in [-0.1, -0.05) is 54.1 Å². The fraction of sp³-hybridized carbons (Fsp3) is 0.278. The van der Waals surface area contributed by atoms with E-state index < -0.39 is 0 Å². The first kappa shape index (κ1) is 17.3. The Balaban J connectivity index is 1.85. The Hall–Kier alpha value is -2.04. The maximum Gasteiger partial charge on any atom is 0.317 e. The van der Waals surface area contributed by atoms with Crippen LogP contribution in [0.15, 0.2) is 54.6 Å². The normalized spacial score (nSPS) is 10.3. The van der Waals surface area contributed by atoms with Gasteiger partial charge in [-0.05, 0) is 29.7 Å². The zero-order chi connectivity index (χ0) is 16.5. The second-order valence-electron chi connectivity index (χ2n) is 5.24. The van der Waals surface area contributed by atoms with Crippen molar-refractivity contribution < 1.29 is 9.90 Å². The van der Waals surface area contributed by atoms with Crippen LogP contribution in [0.25, 0.3) is 0 Å². The molecule has 0 aliphatic rings. The molecule has 0 bridgehead atoms. The van der Waals surface area contributed by atoms with Gasteiger partial charge in [0.25, 0.3) is 0 Å². The molecule has 0 aliphatic carbocycles. The first-order valence-electron chi connectivity index (χ1n) is 7.61. The number of aliphatic hydroxyl groups is 1. The minimum atomic E-state index is -0.176. The van der Waals surface area contributed by atoms with Crippen LogP contribution in [0.3, 0.4) is 0 Å². The Morgan fingerprint density at radius 2 is 1.83 bits per heavy atom. The summed E-state index contributed by atoms with van der Waals surface area (Å²) in [6, 6.07) is 17.1. The second kappa shape index (κ2) is 9.18. The average molecular weight is 333 g/mol. The predicted octanol–water partition coefficient (Wildman–Crippen LogP) is 3.09. The first-order chi connectivity index (χ1) is 11.2. The molecule has 2 N–H and O–H groups in total. The molecule has 0 fully saturated rings. The minimum absolute atomic E-state index is 0.0610. The highest BCUT2D eigenvalue weighted by Crippen LogP contribution is 2.11. The van der Waals surface area contributed by atoms with Gasteiger partial charge in [-0.3, -0.25) is 0 Å². The van der Waals surface area contributed by atoms with E-state index in [1.165, 1.54) is 0 Å². The number of urea groups is 1. The van der Waals surface area contributed by atoms with Crippen LogP contribution in [0.2, 0.25) is 5.02 Å². The fourth-order valence-electron chi connectivity index (χ4n) is 2.29. The Labute approximate surface area is 141 Å². The van der Waals surface area contributed by atoms with Gasteiger partial charge in [-0.15, -0.1) is 0 Å². The van der Waals surface area contributed by atoms with Crippen LogP contribution in [0.5, 0.6) is 0 Å². The molecule has 0 spiro atoms. The summed E-state index contributed by atoms with van der Waals surface area (Å²) < 4.78 is 0. The van der Waals surface area contributed by atoms with Gasteiger partial charge in [-0.25, -0.2) is 4.79 Å². The molecule has 5 heteroatoms. The fourth-order valence-corrected chi connectivity index (χ4v) is 2.51. The molecule has 0 aliphatic heterocycles. The number of hydrogen-bond donors (Lipinski definition) is 2. The number of carbonyl (C=O) groups is 1. The number of nitrogens with zero attached hydrogens (tertiary/aromatic N) is 1. The van der Waals surface area contributed by atoms with E-state index in [0.29, 0.717) is 31.1 Å². The summed E-state index contributed by atoms with van der Waals surface area (Å²) in [6.07, 6.45) is 0.713. The topological polar surface area (TPSA) is 52.6 Å². The van der Waals surface area contributed by atoms with Crippen LogP contribution in [0.1, 0.15) is 11.1 Å². The summed E-state index contributed by atoms with van der Waals surface area (Å²) in [5, 5.41) is 12.7. The van der Waals surface area contributed by atoms with E-state index in [1.807, 2.05) is 54.6 Å². The zero-order valence-electron chi connectivity index (χ0n) is 12.9. The third-order valence-electron chi connectivity index (χ3n) is 3.45. The largest absolute Gasteiger partial charge is 0.395 e. The van der Waals surface area contributed by atoms with E-state index in [-0.39, 0.29) is 12.6 Å². The Kier molecular flexibility index (Phi) is 6.91. The molecule has 0 unspecified atom stereocenters. The SMILES string of the molecule is O=C(NCCc1cccc(Cl)c1)N(CCO)Cc1ccccc1. The maximum atomic E-state index is 12.3. The van der Waals surface area contributed by atoms with Gasteiger partial charge in [-0.2, -0.15) is 0 Å². The van der Waals surface area contributed by atoms with Crippen molar-refractivity contribution in [1.29, 1.82) is 0 Å². The molecule has 2 rings (SSSR count). The number of nitrogens with one attached hydrogen (secondary N) is 1. The third kappa shape index (κ3) is 5.93. The quantitative estimate of drug-likeness (QED) is 0.818. The number of halogens is 1. The Bertz CT molecular complexity index is 619. The molecule has 2 aromatic rings. The van der Waals surface area contributed by atoms with Gasteiger partial charge < -0.3 is 15.3 Å². The first-order valence-corrected chi connectivity index (χ1v) is 7.99. The van der Waals surface area contributed by atoms with E-state index in [0.717, 1.165) is 11.1 Å².